The monoisotopic (exact) mass is 407 g/mol. The number of rotatable bonds is 5. The minimum atomic E-state index is -0.740. The molecule has 2 fully saturated rings. The molecule has 2 atom stereocenters. The first-order valence-corrected chi connectivity index (χ1v) is 10.6. The van der Waals surface area contributed by atoms with Gasteiger partial charge in [0.2, 0.25) is 0 Å². The van der Waals surface area contributed by atoms with Crippen molar-refractivity contribution >= 4 is 34.9 Å². The van der Waals surface area contributed by atoms with Gasteiger partial charge in [0.1, 0.15) is 16.9 Å². The minimum Gasteiger partial charge on any atom is -0.456 e. The fraction of sp³-hybridized carbons (Fsp3) is 0.273. The molecule has 2 aromatic carbocycles. The first-order chi connectivity index (χ1) is 14.1. The van der Waals surface area contributed by atoms with Crippen molar-refractivity contribution < 1.29 is 14.0 Å². The van der Waals surface area contributed by atoms with Gasteiger partial charge in [0, 0.05) is 28.3 Å². The van der Waals surface area contributed by atoms with E-state index in [9.17, 15) is 9.59 Å². The second-order valence-electron chi connectivity index (χ2n) is 7.59. The molecule has 29 heavy (non-hydrogen) atoms. The summed E-state index contributed by atoms with van der Waals surface area (Å²) in [7, 11) is 0. The summed E-state index contributed by atoms with van der Waals surface area (Å²) in [5.41, 5.74) is 1.18. The van der Waals surface area contributed by atoms with Crippen LogP contribution in [0, 0.1) is 5.92 Å². The van der Waals surface area contributed by atoms with Gasteiger partial charge in [-0.1, -0.05) is 36.8 Å². The molecule has 2 unspecified atom stereocenters. The molecule has 6 nitrogen and oxygen atoms in total. The highest BCUT2D eigenvalue weighted by molar-refractivity contribution is 7.97. The molecular weight excluding hydrogens is 386 g/mol. The van der Waals surface area contributed by atoms with Crippen LogP contribution in [0.3, 0.4) is 0 Å². The van der Waals surface area contributed by atoms with E-state index < -0.39 is 5.54 Å². The Morgan fingerprint density at radius 2 is 1.97 bits per heavy atom. The molecular formula is C22H21N3O3S. The third-order valence-corrected chi connectivity index (χ3v) is 6.69. The number of furan rings is 1. The molecule has 1 aliphatic heterocycles. The van der Waals surface area contributed by atoms with E-state index in [1.54, 1.807) is 0 Å². The lowest BCUT2D eigenvalue weighted by atomic mass is 9.87. The average Bonchev–Trinajstić information content (AvgIpc) is 3.40. The van der Waals surface area contributed by atoms with Crippen LogP contribution in [0.2, 0.25) is 0 Å². The molecule has 3 aromatic rings. The number of hydrogen-bond donors (Lipinski definition) is 3. The fourth-order valence-electron chi connectivity index (χ4n) is 4.36. The summed E-state index contributed by atoms with van der Waals surface area (Å²) < 4.78 is 9.29. The van der Waals surface area contributed by atoms with Crippen LogP contribution in [-0.2, 0) is 4.79 Å². The number of para-hydroxylation sites is 1. The van der Waals surface area contributed by atoms with E-state index in [1.807, 2.05) is 36.4 Å². The predicted octanol–water partition coefficient (Wildman–Crippen LogP) is 4.07. The van der Waals surface area contributed by atoms with Crippen molar-refractivity contribution in [2.24, 2.45) is 5.92 Å². The topological polar surface area (TPSA) is 83.4 Å². The molecule has 1 aliphatic carbocycles. The van der Waals surface area contributed by atoms with Crippen LogP contribution in [0.4, 0.5) is 4.79 Å². The van der Waals surface area contributed by atoms with Crippen LogP contribution in [0.5, 0.6) is 0 Å². The number of amides is 3. The Morgan fingerprint density at radius 3 is 2.72 bits per heavy atom. The smallest absolute Gasteiger partial charge is 0.322 e. The van der Waals surface area contributed by atoms with Gasteiger partial charge in [0.15, 0.2) is 0 Å². The third-order valence-electron chi connectivity index (χ3n) is 5.87. The van der Waals surface area contributed by atoms with E-state index in [1.165, 1.54) is 11.9 Å². The van der Waals surface area contributed by atoms with Crippen molar-refractivity contribution in [2.45, 2.75) is 29.7 Å². The Hall–Kier alpha value is -2.77. The molecule has 1 aromatic heterocycles. The third kappa shape index (κ3) is 3.30. The molecule has 1 saturated carbocycles. The molecule has 2 heterocycles. The number of fused-ring (bicyclic) bond motifs is 1. The van der Waals surface area contributed by atoms with E-state index in [4.69, 9.17) is 4.42 Å². The highest BCUT2D eigenvalue weighted by Gasteiger charge is 2.53. The number of imide groups is 1. The van der Waals surface area contributed by atoms with Gasteiger partial charge < -0.3 is 9.73 Å². The van der Waals surface area contributed by atoms with Crippen molar-refractivity contribution in [1.29, 1.82) is 0 Å². The van der Waals surface area contributed by atoms with Gasteiger partial charge in [-0.25, -0.2) is 4.79 Å². The van der Waals surface area contributed by atoms with Gasteiger partial charge in [0.25, 0.3) is 5.91 Å². The zero-order valence-corrected chi connectivity index (χ0v) is 16.6. The van der Waals surface area contributed by atoms with E-state index in [0.717, 1.165) is 40.0 Å². The van der Waals surface area contributed by atoms with Crippen molar-refractivity contribution in [1.82, 2.24) is 15.4 Å². The first-order valence-electron chi connectivity index (χ1n) is 9.76. The summed E-state index contributed by atoms with van der Waals surface area (Å²) in [6.07, 6.45) is 2.57. The first kappa shape index (κ1) is 18.3. The van der Waals surface area contributed by atoms with Gasteiger partial charge in [-0.3, -0.25) is 14.8 Å². The molecule has 0 bridgehead atoms. The Kier molecular flexibility index (Phi) is 4.56. The van der Waals surface area contributed by atoms with Gasteiger partial charge >= 0.3 is 6.03 Å². The van der Waals surface area contributed by atoms with Gasteiger partial charge in [-0.05, 0) is 49.1 Å². The average molecular weight is 407 g/mol. The second kappa shape index (κ2) is 7.24. The standard InChI is InChI=1S/C22H21N3O3S/c26-20-22(25-21(27)24-20)11-3-5-16(22)13-23-29-17-9-7-14(8-10-17)19-12-15-4-1-2-6-18(15)28-19/h1-2,4,6-10,12,16,23H,3,5,11,13H2,(H2,24,25,26,27). The largest absolute Gasteiger partial charge is 0.456 e. The van der Waals surface area contributed by atoms with Gasteiger partial charge in [-0.2, -0.15) is 0 Å². The number of benzene rings is 2. The normalized spacial score (nSPS) is 23.7. The van der Waals surface area contributed by atoms with Crippen LogP contribution in [0.1, 0.15) is 19.3 Å². The summed E-state index contributed by atoms with van der Waals surface area (Å²) in [5.74, 6) is 0.759. The maximum absolute atomic E-state index is 12.3. The lowest BCUT2D eigenvalue weighted by Gasteiger charge is -2.28. The lowest BCUT2D eigenvalue weighted by molar-refractivity contribution is -0.125. The Labute approximate surface area is 172 Å². The van der Waals surface area contributed by atoms with Crippen molar-refractivity contribution in [3.63, 3.8) is 0 Å². The van der Waals surface area contributed by atoms with Crippen molar-refractivity contribution in [3.8, 4) is 11.3 Å². The number of carbonyl (C=O) groups excluding carboxylic acids is 2. The van der Waals surface area contributed by atoms with Gasteiger partial charge in [-0.15, -0.1) is 0 Å². The summed E-state index contributed by atoms with van der Waals surface area (Å²) >= 11 is 1.54. The highest BCUT2D eigenvalue weighted by Crippen LogP contribution is 2.38. The van der Waals surface area contributed by atoms with E-state index >= 15 is 0 Å². The molecule has 1 spiro atoms. The predicted molar refractivity (Wildman–Crippen MR) is 112 cm³/mol. The number of urea groups is 1. The second-order valence-corrected chi connectivity index (χ2v) is 8.56. The van der Waals surface area contributed by atoms with Crippen molar-refractivity contribution in [2.75, 3.05) is 6.54 Å². The Balaban J connectivity index is 1.22. The van der Waals surface area contributed by atoms with Crippen LogP contribution in [0.15, 0.2) is 63.9 Å². The van der Waals surface area contributed by atoms with E-state index in [2.05, 4.69) is 33.6 Å². The SMILES string of the molecule is O=C1NC(=O)C2(CCCC2CNSc2ccc(-c3cc4ccccc4o3)cc2)N1. The quantitative estimate of drug-likeness (QED) is 0.439. The summed E-state index contributed by atoms with van der Waals surface area (Å²) in [5, 5.41) is 6.34. The van der Waals surface area contributed by atoms with Crippen LogP contribution in [0.25, 0.3) is 22.3 Å². The highest BCUT2D eigenvalue weighted by atomic mass is 32.2. The fourth-order valence-corrected chi connectivity index (χ4v) is 5.08. The molecule has 0 radical (unpaired) electrons. The van der Waals surface area contributed by atoms with Crippen LogP contribution < -0.4 is 15.4 Å². The zero-order valence-electron chi connectivity index (χ0n) is 15.7. The van der Waals surface area contributed by atoms with Crippen LogP contribution >= 0.6 is 11.9 Å². The number of nitrogens with one attached hydrogen (secondary N) is 3. The molecule has 5 rings (SSSR count). The molecule has 1 saturated heterocycles. The molecule has 148 valence electrons. The van der Waals surface area contributed by atoms with Crippen LogP contribution in [-0.4, -0.2) is 24.0 Å². The summed E-state index contributed by atoms with van der Waals surface area (Å²) in [6.45, 7) is 0.656. The maximum atomic E-state index is 12.3. The maximum Gasteiger partial charge on any atom is 0.322 e. The number of carbonyl (C=O) groups is 2. The Bertz CT molecular complexity index is 1050. The van der Waals surface area contributed by atoms with E-state index in [0.29, 0.717) is 13.0 Å². The molecule has 3 N–H and O–H groups in total. The molecule has 7 heteroatoms. The lowest BCUT2D eigenvalue weighted by Crippen LogP contribution is -2.52. The van der Waals surface area contributed by atoms with E-state index in [-0.39, 0.29) is 17.9 Å². The molecule has 2 aliphatic rings. The summed E-state index contributed by atoms with van der Waals surface area (Å²) in [4.78, 5) is 24.9. The van der Waals surface area contributed by atoms with Crippen molar-refractivity contribution in [3.05, 3.63) is 54.6 Å². The zero-order chi connectivity index (χ0) is 19.8. The van der Waals surface area contributed by atoms with Gasteiger partial charge in [0.05, 0.1) is 0 Å². The number of hydrogen-bond acceptors (Lipinski definition) is 5. The molecule has 3 amide bonds. The minimum absolute atomic E-state index is 0.0938. The summed E-state index contributed by atoms with van der Waals surface area (Å²) in [6, 6.07) is 17.8. The Morgan fingerprint density at radius 1 is 1.14 bits per heavy atom.